The van der Waals surface area contributed by atoms with Crippen molar-refractivity contribution in [2.75, 3.05) is 12.1 Å². The van der Waals surface area contributed by atoms with Crippen LogP contribution >= 0.6 is 0 Å². The predicted octanol–water partition coefficient (Wildman–Crippen LogP) is 0.381. The van der Waals surface area contributed by atoms with Crippen LogP contribution in [0.5, 0.6) is 0 Å². The molecule has 0 atom stereocenters. The Morgan fingerprint density at radius 1 is 1.79 bits per heavy atom. The van der Waals surface area contributed by atoms with Crippen molar-refractivity contribution in [1.82, 2.24) is 4.98 Å². The van der Waals surface area contributed by atoms with Gasteiger partial charge in [-0.2, -0.15) is 5.26 Å². The molecule has 1 aromatic heterocycles. The highest BCUT2D eigenvalue weighted by Gasteiger charge is 2.02. The number of aliphatic carboxylic acids is 1. The summed E-state index contributed by atoms with van der Waals surface area (Å²) in [4.78, 5) is 18.4. The lowest BCUT2D eigenvalue weighted by Gasteiger charge is -2.04. The lowest BCUT2D eigenvalue weighted by Crippen LogP contribution is -2.12. The van der Waals surface area contributed by atoms with Gasteiger partial charge in [0.25, 0.3) is 0 Å². The highest BCUT2D eigenvalue weighted by molar-refractivity contribution is 5.68. The third-order valence-corrected chi connectivity index (χ3v) is 1.29. The molecule has 0 amide bonds. The van der Waals surface area contributed by atoms with Gasteiger partial charge in [0.05, 0.1) is 5.69 Å². The summed E-state index contributed by atoms with van der Waals surface area (Å²) in [6.45, 7) is -0.486. The number of anilines is 1. The van der Waals surface area contributed by atoms with Gasteiger partial charge in [0.1, 0.15) is 6.07 Å². The molecule has 1 rings (SSSR count). The minimum Gasteiger partial charge on any atom is -0.479 e. The lowest BCUT2D eigenvalue weighted by atomic mass is 10.3. The summed E-state index contributed by atoms with van der Waals surface area (Å²) in [5.74, 6) is -1.10. The van der Waals surface area contributed by atoms with Crippen LogP contribution in [0.15, 0.2) is 18.3 Å². The van der Waals surface area contributed by atoms with E-state index in [1.54, 1.807) is 12.1 Å². The van der Waals surface area contributed by atoms with Gasteiger partial charge in [-0.25, -0.2) is 9.78 Å². The molecule has 6 heteroatoms. The smallest absolute Gasteiger partial charge is 0.332 e. The predicted molar refractivity (Wildman–Crippen MR) is 46.2 cm³/mol. The Morgan fingerprint density at radius 3 is 3.21 bits per heavy atom. The Hall–Kier alpha value is -2.13. The third-order valence-electron chi connectivity index (χ3n) is 1.29. The number of carboxylic acids is 1. The zero-order valence-electron chi connectivity index (χ0n) is 7.10. The first-order chi connectivity index (χ1) is 6.74. The van der Waals surface area contributed by atoms with E-state index in [-0.39, 0.29) is 5.69 Å². The first-order valence-electron chi connectivity index (χ1n) is 3.68. The van der Waals surface area contributed by atoms with Crippen LogP contribution in [0.25, 0.3) is 0 Å². The fraction of sp³-hybridized carbons (Fsp3) is 0.125. The minimum atomic E-state index is -1.10. The Kier molecular flexibility index (Phi) is 3.41. The van der Waals surface area contributed by atoms with Gasteiger partial charge in [0.15, 0.2) is 12.3 Å². The van der Waals surface area contributed by atoms with E-state index in [0.717, 1.165) is 0 Å². The maximum absolute atomic E-state index is 10.1. The van der Waals surface area contributed by atoms with Crippen molar-refractivity contribution in [3.05, 3.63) is 24.0 Å². The minimum absolute atomic E-state index is 0.151. The number of pyridine rings is 1. The Morgan fingerprint density at radius 2 is 2.57 bits per heavy atom. The van der Waals surface area contributed by atoms with E-state index in [0.29, 0.717) is 5.69 Å². The molecular weight excluding hydrogens is 186 g/mol. The van der Waals surface area contributed by atoms with Crippen molar-refractivity contribution in [1.29, 1.82) is 5.26 Å². The van der Waals surface area contributed by atoms with Crippen LogP contribution in [0.1, 0.15) is 5.69 Å². The van der Waals surface area contributed by atoms with E-state index in [9.17, 15) is 4.79 Å². The standard InChI is InChI=1S/C8H7N3O3/c9-4-7-6(2-1-3-10-7)11-14-5-8(12)13/h1-3,11H,5H2,(H,12,13). The Balaban J connectivity index is 2.59. The van der Waals surface area contributed by atoms with Crippen LogP contribution in [0.4, 0.5) is 5.69 Å². The third kappa shape index (κ3) is 2.73. The maximum Gasteiger partial charge on any atom is 0.332 e. The van der Waals surface area contributed by atoms with Crippen molar-refractivity contribution >= 4 is 11.7 Å². The summed E-state index contributed by atoms with van der Waals surface area (Å²) in [5, 5.41) is 16.9. The summed E-state index contributed by atoms with van der Waals surface area (Å²) in [5.41, 5.74) is 2.82. The Labute approximate surface area is 79.7 Å². The number of carbonyl (C=O) groups is 1. The number of carboxylic acid groups (broad SMARTS) is 1. The summed E-state index contributed by atoms with van der Waals surface area (Å²) in [7, 11) is 0. The van der Waals surface area contributed by atoms with Crippen molar-refractivity contribution < 1.29 is 14.7 Å². The second-order valence-corrected chi connectivity index (χ2v) is 2.30. The molecule has 1 aromatic rings. The van der Waals surface area contributed by atoms with Crippen LogP contribution < -0.4 is 5.48 Å². The van der Waals surface area contributed by atoms with Crippen LogP contribution in [-0.4, -0.2) is 22.7 Å². The van der Waals surface area contributed by atoms with Gasteiger partial charge >= 0.3 is 5.97 Å². The zero-order chi connectivity index (χ0) is 10.4. The van der Waals surface area contributed by atoms with E-state index in [2.05, 4.69) is 15.3 Å². The molecule has 72 valence electrons. The SMILES string of the molecule is N#Cc1ncccc1NOCC(=O)O. The van der Waals surface area contributed by atoms with Crippen molar-refractivity contribution in [2.45, 2.75) is 0 Å². The van der Waals surface area contributed by atoms with Gasteiger partial charge in [0.2, 0.25) is 0 Å². The summed E-state index contributed by atoms with van der Waals surface area (Å²) in [6, 6.07) is 5.00. The molecule has 0 fully saturated rings. The average molecular weight is 193 g/mol. The normalized spacial score (nSPS) is 9.07. The molecule has 0 saturated heterocycles. The van der Waals surface area contributed by atoms with Gasteiger partial charge in [-0.05, 0) is 12.1 Å². The van der Waals surface area contributed by atoms with Crippen LogP contribution in [0, 0.1) is 11.3 Å². The molecule has 0 spiro atoms. The molecule has 0 saturated carbocycles. The molecule has 0 bridgehead atoms. The first kappa shape index (κ1) is 9.95. The van der Waals surface area contributed by atoms with Crippen molar-refractivity contribution in [2.24, 2.45) is 0 Å². The van der Waals surface area contributed by atoms with E-state index in [1.165, 1.54) is 6.20 Å². The molecule has 1 heterocycles. The lowest BCUT2D eigenvalue weighted by molar-refractivity contribution is -0.141. The van der Waals surface area contributed by atoms with Gasteiger partial charge in [-0.15, -0.1) is 0 Å². The second-order valence-electron chi connectivity index (χ2n) is 2.30. The molecule has 0 aromatic carbocycles. The number of hydrogen-bond acceptors (Lipinski definition) is 5. The number of rotatable bonds is 4. The monoisotopic (exact) mass is 193 g/mol. The quantitative estimate of drug-likeness (QED) is 0.671. The van der Waals surface area contributed by atoms with E-state index in [1.807, 2.05) is 6.07 Å². The van der Waals surface area contributed by atoms with E-state index in [4.69, 9.17) is 10.4 Å². The largest absolute Gasteiger partial charge is 0.479 e. The number of aromatic nitrogens is 1. The van der Waals surface area contributed by atoms with E-state index >= 15 is 0 Å². The second kappa shape index (κ2) is 4.79. The summed E-state index contributed by atoms with van der Waals surface area (Å²) >= 11 is 0. The molecule has 0 aliphatic heterocycles. The number of nitriles is 1. The highest BCUT2D eigenvalue weighted by Crippen LogP contribution is 2.09. The van der Waals surface area contributed by atoms with Crippen molar-refractivity contribution in [3.8, 4) is 6.07 Å². The van der Waals surface area contributed by atoms with Crippen LogP contribution in [0.3, 0.4) is 0 Å². The molecule has 0 unspecified atom stereocenters. The van der Waals surface area contributed by atoms with Crippen LogP contribution in [-0.2, 0) is 9.63 Å². The number of nitrogens with one attached hydrogen (secondary N) is 1. The Bertz CT molecular complexity index is 372. The summed E-state index contributed by atoms with van der Waals surface area (Å²) in [6.07, 6.45) is 1.46. The average Bonchev–Trinajstić information content (AvgIpc) is 2.18. The zero-order valence-corrected chi connectivity index (χ0v) is 7.10. The molecule has 14 heavy (non-hydrogen) atoms. The molecule has 2 N–H and O–H groups in total. The summed E-state index contributed by atoms with van der Waals surface area (Å²) < 4.78 is 0. The van der Waals surface area contributed by atoms with Gasteiger partial charge < -0.3 is 5.11 Å². The molecule has 0 aliphatic carbocycles. The van der Waals surface area contributed by atoms with Gasteiger partial charge in [0, 0.05) is 6.20 Å². The van der Waals surface area contributed by atoms with Crippen LogP contribution in [0.2, 0.25) is 0 Å². The maximum atomic E-state index is 10.1. The molecular formula is C8H7N3O3. The highest BCUT2D eigenvalue weighted by atomic mass is 16.7. The van der Waals surface area contributed by atoms with E-state index < -0.39 is 12.6 Å². The van der Waals surface area contributed by atoms with Gasteiger partial charge in [-0.3, -0.25) is 10.3 Å². The number of hydrogen-bond donors (Lipinski definition) is 2. The first-order valence-corrected chi connectivity index (χ1v) is 3.68. The van der Waals surface area contributed by atoms with Crippen molar-refractivity contribution in [3.63, 3.8) is 0 Å². The topological polar surface area (TPSA) is 95.2 Å². The molecule has 0 radical (unpaired) electrons. The molecule has 6 nitrogen and oxygen atoms in total. The number of nitrogens with zero attached hydrogens (tertiary/aromatic N) is 2. The fourth-order valence-electron chi connectivity index (χ4n) is 0.752. The molecule has 0 aliphatic rings. The van der Waals surface area contributed by atoms with Gasteiger partial charge in [-0.1, -0.05) is 0 Å². The fourth-order valence-corrected chi connectivity index (χ4v) is 0.752.